The number of hydrogen-bond acceptors (Lipinski definition) is 3. The van der Waals surface area contributed by atoms with Gasteiger partial charge in [-0.15, -0.1) is 0 Å². The highest BCUT2D eigenvalue weighted by molar-refractivity contribution is 6.31. The zero-order chi connectivity index (χ0) is 14.3. The van der Waals surface area contributed by atoms with Crippen molar-refractivity contribution < 1.29 is 0 Å². The fraction of sp³-hybridized carbons (Fsp3) is 0.286. The molecule has 0 spiro atoms. The van der Waals surface area contributed by atoms with E-state index in [1.165, 1.54) is 0 Å². The molecule has 0 saturated carbocycles. The Bertz CT molecular complexity index is 771. The molecule has 5 nitrogen and oxygen atoms in total. The number of aryl methyl sites for hydroxylation is 2. The Labute approximate surface area is 122 Å². The van der Waals surface area contributed by atoms with E-state index in [0.717, 1.165) is 28.7 Å². The van der Waals surface area contributed by atoms with Crippen LogP contribution in [-0.2, 0) is 20.0 Å². The average Bonchev–Trinajstić information content (AvgIpc) is 2.90. The summed E-state index contributed by atoms with van der Waals surface area (Å²) in [5.74, 6) is 0.494. The van der Waals surface area contributed by atoms with Gasteiger partial charge in [0.25, 0.3) is 0 Å². The minimum Gasteiger partial charge on any atom is -0.369 e. The summed E-state index contributed by atoms with van der Waals surface area (Å²) in [4.78, 5) is 4.36. The van der Waals surface area contributed by atoms with Gasteiger partial charge in [-0.2, -0.15) is 5.10 Å². The molecule has 0 amide bonds. The monoisotopic (exact) mass is 289 g/mol. The van der Waals surface area contributed by atoms with Gasteiger partial charge in [-0.1, -0.05) is 18.5 Å². The molecule has 0 bridgehead atoms. The Morgan fingerprint density at radius 1 is 1.35 bits per heavy atom. The number of rotatable bonds is 3. The van der Waals surface area contributed by atoms with Gasteiger partial charge in [0.05, 0.1) is 23.3 Å². The lowest BCUT2D eigenvalue weighted by Crippen LogP contribution is -2.05. The summed E-state index contributed by atoms with van der Waals surface area (Å²) < 4.78 is 3.82. The molecule has 0 atom stereocenters. The van der Waals surface area contributed by atoms with Gasteiger partial charge in [-0.05, 0) is 24.6 Å². The lowest BCUT2D eigenvalue weighted by atomic mass is 10.2. The maximum Gasteiger partial charge on any atom is 0.201 e. The molecule has 0 unspecified atom stereocenters. The van der Waals surface area contributed by atoms with Gasteiger partial charge in [-0.3, -0.25) is 4.68 Å². The van der Waals surface area contributed by atoms with Gasteiger partial charge in [-0.25, -0.2) is 4.98 Å². The number of aromatic nitrogens is 4. The normalized spacial score (nSPS) is 11.3. The summed E-state index contributed by atoms with van der Waals surface area (Å²) in [5.41, 5.74) is 10.1. The zero-order valence-corrected chi connectivity index (χ0v) is 12.2. The van der Waals surface area contributed by atoms with Gasteiger partial charge in [0.15, 0.2) is 0 Å². The summed E-state index contributed by atoms with van der Waals surface area (Å²) in [6.07, 6.45) is 2.93. The fourth-order valence-electron chi connectivity index (χ4n) is 2.47. The molecule has 3 aromatic rings. The van der Waals surface area contributed by atoms with Gasteiger partial charge in [0.2, 0.25) is 5.95 Å². The number of nitrogens with two attached hydrogens (primary N) is 1. The van der Waals surface area contributed by atoms with E-state index >= 15 is 0 Å². The lowest BCUT2D eigenvalue weighted by Gasteiger charge is -2.06. The first kappa shape index (κ1) is 13.0. The molecule has 2 aromatic heterocycles. The first-order valence-corrected chi connectivity index (χ1v) is 6.89. The number of benzene rings is 1. The molecule has 1 aromatic carbocycles. The molecule has 0 radical (unpaired) electrons. The van der Waals surface area contributed by atoms with E-state index in [4.69, 9.17) is 17.3 Å². The Morgan fingerprint density at radius 2 is 2.15 bits per heavy atom. The second-order valence-electron chi connectivity index (χ2n) is 4.82. The van der Waals surface area contributed by atoms with Crippen LogP contribution in [0.1, 0.15) is 18.2 Å². The summed E-state index contributed by atoms with van der Waals surface area (Å²) in [5, 5.41) is 5.12. The number of nitrogen functional groups attached to an aromatic ring is 1. The maximum absolute atomic E-state index is 6.03. The van der Waals surface area contributed by atoms with Crippen molar-refractivity contribution in [3.63, 3.8) is 0 Å². The molecule has 0 aliphatic heterocycles. The molecule has 0 aliphatic carbocycles. The second kappa shape index (κ2) is 4.83. The molecular formula is C14H16ClN5. The van der Waals surface area contributed by atoms with E-state index in [9.17, 15) is 0 Å². The van der Waals surface area contributed by atoms with Crippen molar-refractivity contribution >= 4 is 28.6 Å². The van der Waals surface area contributed by atoms with Crippen molar-refractivity contribution in [1.29, 1.82) is 0 Å². The maximum atomic E-state index is 6.03. The topological polar surface area (TPSA) is 61.7 Å². The van der Waals surface area contributed by atoms with Crippen molar-refractivity contribution in [3.8, 4) is 0 Å². The molecule has 6 heteroatoms. The summed E-state index contributed by atoms with van der Waals surface area (Å²) in [6.45, 7) is 2.77. The fourth-order valence-corrected chi connectivity index (χ4v) is 2.64. The third-order valence-electron chi connectivity index (χ3n) is 3.39. The molecule has 0 fully saturated rings. The van der Waals surface area contributed by atoms with Crippen LogP contribution >= 0.6 is 11.6 Å². The highest BCUT2D eigenvalue weighted by Gasteiger charge is 2.12. The third kappa shape index (κ3) is 2.14. The van der Waals surface area contributed by atoms with E-state index in [2.05, 4.69) is 17.0 Å². The van der Waals surface area contributed by atoms with Crippen LogP contribution in [0.2, 0.25) is 5.02 Å². The first-order chi connectivity index (χ1) is 9.58. The highest BCUT2D eigenvalue weighted by Crippen LogP contribution is 2.23. The summed E-state index contributed by atoms with van der Waals surface area (Å²) in [7, 11) is 1.93. The zero-order valence-electron chi connectivity index (χ0n) is 11.5. The van der Waals surface area contributed by atoms with Gasteiger partial charge in [0, 0.05) is 23.8 Å². The largest absolute Gasteiger partial charge is 0.369 e. The van der Waals surface area contributed by atoms with Crippen LogP contribution < -0.4 is 5.73 Å². The van der Waals surface area contributed by atoms with Gasteiger partial charge in [0.1, 0.15) is 0 Å². The van der Waals surface area contributed by atoms with Gasteiger partial charge >= 0.3 is 0 Å². The molecular weight excluding hydrogens is 274 g/mol. The molecule has 2 heterocycles. The molecule has 0 saturated heterocycles. The minimum atomic E-state index is 0.494. The number of imidazole rings is 1. The van der Waals surface area contributed by atoms with Crippen molar-refractivity contribution in [2.75, 3.05) is 5.73 Å². The smallest absolute Gasteiger partial charge is 0.201 e. The molecule has 0 aliphatic rings. The van der Waals surface area contributed by atoms with Gasteiger partial charge < -0.3 is 10.3 Å². The molecule has 20 heavy (non-hydrogen) atoms. The standard InChI is InChI=1S/C14H16ClN5/c1-3-11-9(7-19(2)18-11)8-20-13-5-4-10(15)6-12(13)17-14(20)16/h4-7H,3,8H2,1-2H3,(H2,16,17). The van der Waals surface area contributed by atoms with Crippen molar-refractivity contribution in [3.05, 3.63) is 40.7 Å². The third-order valence-corrected chi connectivity index (χ3v) is 3.63. The Balaban J connectivity index is 2.08. The number of halogens is 1. The number of hydrogen-bond donors (Lipinski definition) is 1. The van der Waals surface area contributed by atoms with Crippen LogP contribution in [0.3, 0.4) is 0 Å². The van der Waals surface area contributed by atoms with Crippen LogP contribution in [0.25, 0.3) is 11.0 Å². The minimum absolute atomic E-state index is 0.494. The molecule has 3 rings (SSSR count). The van der Waals surface area contributed by atoms with E-state index < -0.39 is 0 Å². The average molecular weight is 290 g/mol. The lowest BCUT2D eigenvalue weighted by molar-refractivity contribution is 0.746. The predicted molar refractivity (Wildman–Crippen MR) is 80.8 cm³/mol. The molecule has 2 N–H and O–H groups in total. The number of nitrogens with zero attached hydrogens (tertiary/aromatic N) is 4. The van der Waals surface area contributed by atoms with Crippen LogP contribution in [0.5, 0.6) is 0 Å². The van der Waals surface area contributed by atoms with E-state index in [-0.39, 0.29) is 0 Å². The Morgan fingerprint density at radius 3 is 2.90 bits per heavy atom. The predicted octanol–water partition coefficient (Wildman–Crippen LogP) is 2.62. The quantitative estimate of drug-likeness (QED) is 0.806. The highest BCUT2D eigenvalue weighted by atomic mass is 35.5. The Kier molecular flexibility index (Phi) is 3.14. The van der Waals surface area contributed by atoms with E-state index in [1.54, 1.807) is 0 Å². The van der Waals surface area contributed by atoms with E-state index in [0.29, 0.717) is 17.5 Å². The van der Waals surface area contributed by atoms with E-state index in [1.807, 2.05) is 40.7 Å². The summed E-state index contributed by atoms with van der Waals surface area (Å²) in [6, 6.07) is 5.63. The summed E-state index contributed by atoms with van der Waals surface area (Å²) >= 11 is 5.99. The van der Waals surface area contributed by atoms with Crippen molar-refractivity contribution in [2.24, 2.45) is 7.05 Å². The second-order valence-corrected chi connectivity index (χ2v) is 5.25. The van der Waals surface area contributed by atoms with Crippen LogP contribution in [-0.4, -0.2) is 19.3 Å². The van der Waals surface area contributed by atoms with Crippen LogP contribution in [0, 0.1) is 0 Å². The van der Waals surface area contributed by atoms with Crippen LogP contribution in [0.4, 0.5) is 5.95 Å². The number of anilines is 1. The first-order valence-electron chi connectivity index (χ1n) is 6.51. The van der Waals surface area contributed by atoms with Crippen LogP contribution in [0.15, 0.2) is 24.4 Å². The Hall–Kier alpha value is -2.01. The molecule has 104 valence electrons. The number of fused-ring (bicyclic) bond motifs is 1. The van der Waals surface area contributed by atoms with Crippen molar-refractivity contribution in [2.45, 2.75) is 19.9 Å². The van der Waals surface area contributed by atoms with Crippen molar-refractivity contribution in [1.82, 2.24) is 19.3 Å². The SMILES string of the molecule is CCc1nn(C)cc1Cn1c(N)nc2cc(Cl)ccc21.